The van der Waals surface area contributed by atoms with Gasteiger partial charge in [0.05, 0.1) is 23.1 Å². The molecule has 0 bridgehead atoms. The fourth-order valence-corrected chi connectivity index (χ4v) is 4.08. The predicted molar refractivity (Wildman–Crippen MR) is 167 cm³/mol. The van der Waals surface area contributed by atoms with E-state index in [1.807, 2.05) is 37.6 Å². The summed E-state index contributed by atoms with van der Waals surface area (Å²) in [5.74, 6) is 2.33. The SMILES string of the molecule is C/C(N)=C(/S)c1csc(Nc2ccc(C)cn2)n1.CCC(C)C.C[C@@H]1CN(c2ncc(Cl)cn2)CCN1C=O. The molecule has 1 fully saturated rings. The van der Waals surface area contributed by atoms with E-state index in [1.54, 1.807) is 24.2 Å². The van der Waals surface area contributed by atoms with Gasteiger partial charge in [0.2, 0.25) is 12.4 Å². The summed E-state index contributed by atoms with van der Waals surface area (Å²) in [6.07, 6.45) is 7.18. The number of carbonyl (C=O) groups excluding carboxylic acids is 1. The number of thiol groups is 1. The highest BCUT2D eigenvalue weighted by Gasteiger charge is 2.23. The number of aromatic nitrogens is 4. The highest BCUT2D eigenvalue weighted by molar-refractivity contribution is 7.90. The van der Waals surface area contributed by atoms with Crippen molar-refractivity contribution in [1.82, 2.24) is 24.8 Å². The van der Waals surface area contributed by atoms with E-state index in [0.717, 1.165) is 47.6 Å². The first kappa shape index (κ1) is 32.3. The Balaban J connectivity index is 0.000000235. The van der Waals surface area contributed by atoms with Gasteiger partial charge < -0.3 is 20.9 Å². The number of halogens is 1. The Labute approximate surface area is 246 Å². The number of allylic oxidation sites excluding steroid dienone is 1. The maximum Gasteiger partial charge on any atom is 0.225 e. The molecule has 39 heavy (non-hydrogen) atoms. The van der Waals surface area contributed by atoms with Gasteiger partial charge in [0.15, 0.2) is 5.13 Å². The van der Waals surface area contributed by atoms with E-state index in [1.165, 1.54) is 17.8 Å². The number of rotatable bonds is 6. The van der Waals surface area contributed by atoms with Crippen LogP contribution in [0.4, 0.5) is 16.9 Å². The maximum atomic E-state index is 10.7. The van der Waals surface area contributed by atoms with Gasteiger partial charge in [0.25, 0.3) is 0 Å². The normalized spacial score (nSPS) is 15.5. The minimum absolute atomic E-state index is 0.186. The standard InChI is InChI=1S/C12H14N4S2.C10H13ClN4O.C5H12/c1-7-3-4-10(14-5-7)16-12-15-9(6-18-12)11(17)8(2)13;1-8-6-14(2-3-15(8)7-16)10-12-4-9(11)5-13-10;1-4-5(2)3/h3-6,17H,13H2,1-2H3,(H,14,15,16);4-5,7-8H,2-3,6H2,1H3;5H,4H2,1-3H3/b11-8-;;/t;8-;/m.1./s1. The molecular formula is C27H39ClN8OS2. The van der Waals surface area contributed by atoms with Crippen LogP contribution in [-0.2, 0) is 4.79 Å². The number of pyridine rings is 1. The zero-order valence-corrected chi connectivity index (χ0v) is 25.9. The Morgan fingerprint density at radius 3 is 2.44 bits per heavy atom. The van der Waals surface area contributed by atoms with Crippen molar-refractivity contribution in [2.45, 2.75) is 54.0 Å². The smallest absolute Gasteiger partial charge is 0.225 e. The minimum Gasteiger partial charge on any atom is -0.401 e. The van der Waals surface area contributed by atoms with Crippen molar-refractivity contribution in [2.24, 2.45) is 11.7 Å². The highest BCUT2D eigenvalue weighted by atomic mass is 35.5. The summed E-state index contributed by atoms with van der Waals surface area (Å²) < 4.78 is 0. The number of amides is 1. The van der Waals surface area contributed by atoms with E-state index in [2.05, 4.69) is 63.6 Å². The first-order valence-corrected chi connectivity index (χ1v) is 14.5. The molecule has 1 amide bonds. The number of nitrogens with zero attached hydrogens (tertiary/aromatic N) is 6. The number of nitrogens with one attached hydrogen (secondary N) is 1. The van der Waals surface area contributed by atoms with Gasteiger partial charge >= 0.3 is 0 Å². The molecule has 4 heterocycles. The summed E-state index contributed by atoms with van der Waals surface area (Å²) in [7, 11) is 0. The van der Waals surface area contributed by atoms with Crippen molar-refractivity contribution in [2.75, 3.05) is 29.9 Å². The number of aryl methyl sites for hydroxylation is 1. The lowest BCUT2D eigenvalue weighted by Crippen LogP contribution is -2.51. The number of carbonyl (C=O) groups is 1. The summed E-state index contributed by atoms with van der Waals surface area (Å²) in [6, 6.07) is 4.10. The Bertz CT molecular complexity index is 1180. The molecule has 4 rings (SSSR count). The zero-order chi connectivity index (χ0) is 28.9. The third kappa shape index (κ3) is 11.0. The van der Waals surface area contributed by atoms with E-state index in [9.17, 15) is 4.79 Å². The first-order valence-electron chi connectivity index (χ1n) is 12.8. The van der Waals surface area contributed by atoms with Gasteiger partial charge in [-0.2, -0.15) is 0 Å². The summed E-state index contributed by atoms with van der Waals surface area (Å²) in [5.41, 5.74) is 8.24. The van der Waals surface area contributed by atoms with Crippen LogP contribution in [-0.4, -0.2) is 56.9 Å². The molecule has 12 heteroatoms. The number of anilines is 3. The van der Waals surface area contributed by atoms with Gasteiger partial charge in [-0.25, -0.2) is 19.9 Å². The van der Waals surface area contributed by atoms with Crippen LogP contribution >= 0.6 is 35.6 Å². The Hall–Kier alpha value is -2.89. The molecule has 3 aromatic rings. The molecule has 3 aromatic heterocycles. The van der Waals surface area contributed by atoms with E-state index in [-0.39, 0.29) is 6.04 Å². The zero-order valence-electron chi connectivity index (χ0n) is 23.4. The van der Waals surface area contributed by atoms with Crippen molar-refractivity contribution in [3.05, 3.63) is 58.1 Å². The van der Waals surface area contributed by atoms with Crippen molar-refractivity contribution < 1.29 is 4.79 Å². The van der Waals surface area contributed by atoms with Gasteiger partial charge in [0.1, 0.15) is 5.82 Å². The van der Waals surface area contributed by atoms with Crippen molar-refractivity contribution in [3.8, 4) is 0 Å². The molecule has 0 spiro atoms. The van der Waals surface area contributed by atoms with Crippen LogP contribution in [0.5, 0.6) is 0 Å². The number of nitrogens with two attached hydrogens (primary N) is 1. The van der Waals surface area contributed by atoms with Crippen LogP contribution < -0.4 is 16.0 Å². The number of thiazole rings is 1. The van der Waals surface area contributed by atoms with E-state index in [0.29, 0.717) is 28.1 Å². The van der Waals surface area contributed by atoms with Gasteiger partial charge in [-0.1, -0.05) is 44.9 Å². The second-order valence-electron chi connectivity index (χ2n) is 9.56. The van der Waals surface area contributed by atoms with Crippen molar-refractivity contribution in [3.63, 3.8) is 0 Å². The molecule has 0 aromatic carbocycles. The summed E-state index contributed by atoms with van der Waals surface area (Å²) in [5, 5.41) is 6.36. The van der Waals surface area contributed by atoms with Gasteiger partial charge in [-0.05, 0) is 38.3 Å². The van der Waals surface area contributed by atoms with Gasteiger partial charge in [-0.15, -0.1) is 24.0 Å². The van der Waals surface area contributed by atoms with Crippen LogP contribution in [0, 0.1) is 12.8 Å². The maximum absolute atomic E-state index is 10.7. The minimum atomic E-state index is 0.186. The second kappa shape index (κ2) is 16.3. The molecule has 3 N–H and O–H groups in total. The fourth-order valence-electron chi connectivity index (χ4n) is 3.07. The molecule has 1 aliphatic rings. The molecule has 0 saturated carbocycles. The van der Waals surface area contributed by atoms with Crippen LogP contribution in [0.15, 0.2) is 41.8 Å². The lowest BCUT2D eigenvalue weighted by molar-refractivity contribution is -0.120. The Morgan fingerprint density at radius 1 is 1.26 bits per heavy atom. The fraction of sp³-hybridized carbons (Fsp3) is 0.444. The number of hydrogen-bond acceptors (Lipinski definition) is 10. The molecule has 1 aliphatic heterocycles. The monoisotopic (exact) mass is 590 g/mol. The van der Waals surface area contributed by atoms with E-state index in [4.69, 9.17) is 17.3 Å². The number of hydrogen-bond donors (Lipinski definition) is 3. The molecular weight excluding hydrogens is 552 g/mol. The van der Waals surface area contributed by atoms with Crippen molar-refractivity contribution >= 4 is 63.8 Å². The third-order valence-electron chi connectivity index (χ3n) is 5.79. The summed E-state index contributed by atoms with van der Waals surface area (Å²) >= 11 is 11.5. The van der Waals surface area contributed by atoms with Gasteiger partial charge in [-0.3, -0.25) is 4.79 Å². The lowest BCUT2D eigenvalue weighted by Gasteiger charge is -2.37. The Morgan fingerprint density at radius 2 is 1.92 bits per heavy atom. The molecule has 0 unspecified atom stereocenters. The third-order valence-corrected chi connectivity index (χ3v) is 7.32. The molecule has 1 atom stereocenters. The van der Waals surface area contributed by atoms with Crippen molar-refractivity contribution in [1.29, 1.82) is 0 Å². The van der Waals surface area contributed by atoms with E-state index >= 15 is 0 Å². The lowest BCUT2D eigenvalue weighted by atomic mass is 10.2. The highest BCUT2D eigenvalue weighted by Crippen LogP contribution is 2.26. The van der Waals surface area contributed by atoms with Crippen LogP contribution in [0.25, 0.3) is 4.91 Å². The molecule has 0 aliphatic carbocycles. The average molecular weight is 591 g/mol. The quantitative estimate of drug-likeness (QED) is 0.236. The molecule has 9 nitrogen and oxygen atoms in total. The molecule has 212 valence electrons. The first-order chi connectivity index (χ1) is 18.5. The van der Waals surface area contributed by atoms with Crippen LogP contribution in [0.3, 0.4) is 0 Å². The van der Waals surface area contributed by atoms with Gasteiger partial charge in [0, 0.05) is 47.9 Å². The average Bonchev–Trinajstić information content (AvgIpc) is 3.39. The summed E-state index contributed by atoms with van der Waals surface area (Å²) in [6.45, 7) is 14.7. The molecule has 0 radical (unpaired) electrons. The summed E-state index contributed by atoms with van der Waals surface area (Å²) in [4.78, 5) is 32.3. The largest absolute Gasteiger partial charge is 0.401 e. The topological polar surface area (TPSA) is 113 Å². The second-order valence-corrected chi connectivity index (χ2v) is 11.3. The Kier molecular flexibility index (Phi) is 13.5. The van der Waals surface area contributed by atoms with E-state index < -0.39 is 0 Å². The predicted octanol–water partition coefficient (Wildman–Crippen LogP) is 6.02. The number of piperazine rings is 1. The molecule has 1 saturated heterocycles. The van der Waals surface area contributed by atoms with Crippen LogP contribution in [0.2, 0.25) is 5.02 Å². The van der Waals surface area contributed by atoms with Crippen LogP contribution in [0.1, 0.15) is 52.3 Å².